The Bertz CT molecular complexity index is 414. The summed E-state index contributed by atoms with van der Waals surface area (Å²) in [4.78, 5) is 13.5. The van der Waals surface area contributed by atoms with Crippen molar-refractivity contribution in [2.24, 2.45) is 5.73 Å². The maximum atomic E-state index is 12.1. The molecule has 3 N–H and O–H groups in total. The molecule has 0 aliphatic carbocycles. The average molecular weight is 307 g/mol. The van der Waals surface area contributed by atoms with Crippen LogP contribution in [-0.4, -0.2) is 23.7 Å². The molecule has 0 fully saturated rings. The minimum atomic E-state index is -0.355. The maximum absolute atomic E-state index is 12.1. The van der Waals surface area contributed by atoms with Gasteiger partial charge in [0, 0.05) is 17.0 Å². The molecule has 1 amide bonds. The molecule has 1 unspecified atom stereocenters. The van der Waals surface area contributed by atoms with Crippen molar-refractivity contribution in [3.8, 4) is 0 Å². The Kier molecular flexibility index (Phi) is 5.52. The van der Waals surface area contributed by atoms with E-state index in [0.717, 1.165) is 12.2 Å². The first-order valence-electron chi connectivity index (χ1n) is 5.72. The quantitative estimate of drug-likeness (QED) is 0.901. The first kappa shape index (κ1) is 15.8. The molecule has 0 aromatic carbocycles. The number of thiophene rings is 1. The summed E-state index contributed by atoms with van der Waals surface area (Å²) in [5.74, 6) is 1.12. The Labute approximate surface area is 122 Å². The number of nitrogens with two attached hydrogens (primary N) is 1. The molecule has 2 rings (SSSR count). The highest BCUT2D eigenvalue weighted by Gasteiger charge is 2.28. The third-order valence-electron chi connectivity index (χ3n) is 2.63. The van der Waals surface area contributed by atoms with Crippen LogP contribution in [0.4, 0.5) is 0 Å². The summed E-state index contributed by atoms with van der Waals surface area (Å²) < 4.78 is 0. The van der Waals surface area contributed by atoms with Gasteiger partial charge in [0.2, 0.25) is 5.91 Å². The monoisotopic (exact) mass is 306 g/mol. The van der Waals surface area contributed by atoms with Crippen LogP contribution in [0.2, 0.25) is 0 Å². The number of hydrogen-bond donors (Lipinski definition) is 2. The predicted octanol–water partition coefficient (Wildman–Crippen LogP) is 2.35. The number of carbonyl (C=O) groups excluding carboxylic acids is 1. The van der Waals surface area contributed by atoms with Gasteiger partial charge in [0.1, 0.15) is 5.25 Å². The first-order valence-corrected chi connectivity index (χ1v) is 7.65. The molecule has 18 heavy (non-hydrogen) atoms. The fourth-order valence-electron chi connectivity index (χ4n) is 1.77. The zero-order chi connectivity index (χ0) is 12.5. The van der Waals surface area contributed by atoms with Crippen molar-refractivity contribution < 1.29 is 4.79 Å². The van der Waals surface area contributed by atoms with E-state index >= 15 is 0 Å². The molecule has 0 saturated heterocycles. The van der Waals surface area contributed by atoms with E-state index in [4.69, 9.17) is 5.73 Å². The van der Waals surface area contributed by atoms with Gasteiger partial charge in [-0.2, -0.15) is 0 Å². The molecule has 0 spiro atoms. The van der Waals surface area contributed by atoms with Gasteiger partial charge in [-0.25, -0.2) is 0 Å². The highest BCUT2D eigenvalue weighted by atomic mass is 35.5. The maximum Gasteiger partial charge on any atom is 0.237 e. The number of hydrogen-bond acceptors (Lipinski definition) is 4. The largest absolute Gasteiger partial charge is 0.353 e. The number of nitrogens with one attached hydrogen (secondary N) is 1. The van der Waals surface area contributed by atoms with Crippen molar-refractivity contribution in [1.29, 1.82) is 0 Å². The zero-order valence-electron chi connectivity index (χ0n) is 10.6. The Hall–Kier alpha value is -0.230. The highest BCUT2D eigenvalue weighted by molar-refractivity contribution is 8.00. The molecule has 1 aromatic rings. The van der Waals surface area contributed by atoms with E-state index in [1.807, 2.05) is 13.8 Å². The van der Waals surface area contributed by atoms with Crippen LogP contribution >= 0.6 is 35.5 Å². The Morgan fingerprint density at radius 1 is 1.61 bits per heavy atom. The van der Waals surface area contributed by atoms with E-state index < -0.39 is 0 Å². The topological polar surface area (TPSA) is 55.1 Å². The third-order valence-corrected chi connectivity index (χ3v) is 4.87. The minimum Gasteiger partial charge on any atom is -0.353 e. The Balaban J connectivity index is 0.00000162. The van der Waals surface area contributed by atoms with Crippen molar-refractivity contribution in [2.75, 3.05) is 12.3 Å². The van der Waals surface area contributed by atoms with Gasteiger partial charge in [0.15, 0.2) is 0 Å². The molecule has 1 atom stereocenters. The van der Waals surface area contributed by atoms with Gasteiger partial charge in [0.25, 0.3) is 0 Å². The molecule has 3 nitrogen and oxygen atoms in total. The lowest BCUT2D eigenvalue weighted by molar-refractivity contribution is -0.120. The van der Waals surface area contributed by atoms with Gasteiger partial charge in [-0.3, -0.25) is 4.79 Å². The summed E-state index contributed by atoms with van der Waals surface area (Å²) in [6.45, 7) is 4.34. The summed E-state index contributed by atoms with van der Waals surface area (Å²) in [5, 5.41) is 4.97. The second kappa shape index (κ2) is 6.28. The number of rotatable bonds is 3. The van der Waals surface area contributed by atoms with Crippen LogP contribution in [0.3, 0.4) is 0 Å². The molecular formula is C12H19ClN2OS2. The molecule has 6 heteroatoms. The van der Waals surface area contributed by atoms with Gasteiger partial charge in [0.05, 0.1) is 0 Å². The van der Waals surface area contributed by atoms with Gasteiger partial charge in [-0.05, 0) is 43.0 Å². The summed E-state index contributed by atoms with van der Waals surface area (Å²) in [5.41, 5.74) is 6.71. The van der Waals surface area contributed by atoms with Crippen LogP contribution in [0.5, 0.6) is 0 Å². The Morgan fingerprint density at radius 3 is 3.00 bits per heavy atom. The van der Waals surface area contributed by atoms with E-state index in [0.29, 0.717) is 6.54 Å². The van der Waals surface area contributed by atoms with E-state index in [1.54, 1.807) is 23.1 Å². The van der Waals surface area contributed by atoms with Crippen molar-refractivity contribution in [3.05, 3.63) is 21.9 Å². The normalized spacial score (nSPS) is 18.7. The Morgan fingerprint density at radius 2 is 2.33 bits per heavy atom. The van der Waals surface area contributed by atoms with Gasteiger partial charge in [-0.15, -0.1) is 35.5 Å². The minimum absolute atomic E-state index is 0. The fraction of sp³-hybridized carbons (Fsp3) is 0.583. The van der Waals surface area contributed by atoms with Gasteiger partial charge >= 0.3 is 0 Å². The van der Waals surface area contributed by atoms with Gasteiger partial charge in [-0.1, -0.05) is 0 Å². The number of carbonyl (C=O) groups is 1. The predicted molar refractivity (Wildman–Crippen MR) is 81.7 cm³/mol. The molecule has 0 saturated carbocycles. The average Bonchev–Trinajstić information content (AvgIpc) is 2.72. The second-order valence-electron chi connectivity index (χ2n) is 5.01. The zero-order valence-corrected chi connectivity index (χ0v) is 13.0. The summed E-state index contributed by atoms with van der Waals surface area (Å²) in [7, 11) is 0. The molecule has 102 valence electrons. The fourth-order valence-corrected chi connectivity index (χ4v) is 4.09. The second-order valence-corrected chi connectivity index (χ2v) is 7.22. The van der Waals surface area contributed by atoms with E-state index in [2.05, 4.69) is 16.8 Å². The van der Waals surface area contributed by atoms with Crippen molar-refractivity contribution in [1.82, 2.24) is 5.32 Å². The van der Waals surface area contributed by atoms with Crippen LogP contribution in [0, 0.1) is 0 Å². The lowest BCUT2D eigenvalue weighted by Gasteiger charge is -2.24. The molecule has 1 aliphatic rings. The molecule has 0 bridgehead atoms. The van der Waals surface area contributed by atoms with Crippen LogP contribution < -0.4 is 11.1 Å². The summed E-state index contributed by atoms with van der Waals surface area (Å²) in [6, 6.07) is 2.07. The number of thioether (sulfide) groups is 1. The van der Waals surface area contributed by atoms with Crippen molar-refractivity contribution >= 4 is 41.4 Å². The van der Waals surface area contributed by atoms with E-state index in [9.17, 15) is 4.79 Å². The summed E-state index contributed by atoms with van der Waals surface area (Å²) in [6.07, 6.45) is 1.09. The first-order chi connectivity index (χ1) is 7.97. The molecule has 0 radical (unpaired) electrons. The van der Waals surface area contributed by atoms with E-state index in [-0.39, 0.29) is 29.1 Å². The number of amides is 1. The number of halogens is 1. The van der Waals surface area contributed by atoms with Crippen molar-refractivity contribution in [2.45, 2.75) is 31.1 Å². The number of aryl methyl sites for hydroxylation is 1. The van der Waals surface area contributed by atoms with Crippen molar-refractivity contribution in [3.63, 3.8) is 0 Å². The molecule has 1 aliphatic heterocycles. The van der Waals surface area contributed by atoms with Crippen LogP contribution in [0.15, 0.2) is 11.4 Å². The van der Waals surface area contributed by atoms with Crippen LogP contribution in [0.1, 0.15) is 29.5 Å². The summed E-state index contributed by atoms with van der Waals surface area (Å²) >= 11 is 3.48. The molecule has 1 aromatic heterocycles. The molecule has 2 heterocycles. The van der Waals surface area contributed by atoms with Crippen LogP contribution in [-0.2, 0) is 11.2 Å². The SMILES string of the molecule is CC(C)(N)CNC(=O)C1SCCc2sccc21.Cl. The van der Waals surface area contributed by atoms with Gasteiger partial charge < -0.3 is 11.1 Å². The third kappa shape index (κ3) is 3.88. The smallest absolute Gasteiger partial charge is 0.237 e. The number of fused-ring (bicyclic) bond motifs is 1. The van der Waals surface area contributed by atoms with E-state index in [1.165, 1.54) is 10.4 Å². The molecular weight excluding hydrogens is 288 g/mol. The highest BCUT2D eigenvalue weighted by Crippen LogP contribution is 2.39. The van der Waals surface area contributed by atoms with Crippen LogP contribution in [0.25, 0.3) is 0 Å². The lowest BCUT2D eigenvalue weighted by atomic mass is 10.1. The standard InChI is InChI=1S/C12H18N2OS2.ClH/c1-12(2,13)7-14-11(15)10-8-3-5-16-9(8)4-6-17-10;/h3,5,10H,4,6-7,13H2,1-2H3,(H,14,15);1H. The lowest BCUT2D eigenvalue weighted by Crippen LogP contribution is -2.46.